The van der Waals surface area contributed by atoms with E-state index in [1.54, 1.807) is 0 Å². The standard InChI is InChI=1S/C15H31N3O/c1-5-17(6-2)15(19)8-14(9-16)18-10-12(3)7-13(4)11-18/h12-14H,5-11,16H2,1-4H3. The van der Waals surface area contributed by atoms with Gasteiger partial charge in [0.1, 0.15) is 0 Å². The van der Waals surface area contributed by atoms with Gasteiger partial charge in [0.25, 0.3) is 0 Å². The highest BCUT2D eigenvalue weighted by molar-refractivity contribution is 5.76. The van der Waals surface area contributed by atoms with Crippen molar-refractivity contribution in [3.63, 3.8) is 0 Å². The van der Waals surface area contributed by atoms with Crippen LogP contribution in [-0.2, 0) is 4.79 Å². The molecule has 0 saturated carbocycles. The summed E-state index contributed by atoms with van der Waals surface area (Å²) in [4.78, 5) is 16.6. The zero-order chi connectivity index (χ0) is 14.4. The summed E-state index contributed by atoms with van der Waals surface area (Å²) in [5.41, 5.74) is 5.91. The second kappa shape index (κ2) is 7.85. The Kier molecular flexibility index (Phi) is 6.80. The van der Waals surface area contributed by atoms with Crippen molar-refractivity contribution in [2.24, 2.45) is 17.6 Å². The van der Waals surface area contributed by atoms with Crippen LogP contribution in [-0.4, -0.2) is 54.5 Å². The van der Waals surface area contributed by atoms with Gasteiger partial charge >= 0.3 is 0 Å². The number of carbonyl (C=O) groups is 1. The molecule has 0 aromatic heterocycles. The van der Waals surface area contributed by atoms with Gasteiger partial charge in [0.2, 0.25) is 5.91 Å². The van der Waals surface area contributed by atoms with Crippen LogP contribution in [0.2, 0.25) is 0 Å². The third-order valence-corrected chi connectivity index (χ3v) is 4.21. The molecule has 0 aromatic carbocycles. The van der Waals surface area contributed by atoms with Gasteiger partial charge < -0.3 is 10.6 Å². The first-order chi connectivity index (χ1) is 9.01. The van der Waals surface area contributed by atoms with E-state index in [9.17, 15) is 4.79 Å². The average Bonchev–Trinajstić information content (AvgIpc) is 2.36. The lowest BCUT2D eigenvalue weighted by molar-refractivity contribution is -0.132. The van der Waals surface area contributed by atoms with Crippen LogP contribution in [0.5, 0.6) is 0 Å². The molecule has 3 unspecified atom stereocenters. The molecule has 1 rings (SSSR count). The second-order valence-corrected chi connectivity index (χ2v) is 6.06. The molecule has 3 atom stereocenters. The summed E-state index contributed by atoms with van der Waals surface area (Å²) < 4.78 is 0. The number of carbonyl (C=O) groups excluding carboxylic acids is 1. The van der Waals surface area contributed by atoms with Gasteiger partial charge in [0.05, 0.1) is 0 Å². The summed E-state index contributed by atoms with van der Waals surface area (Å²) in [5.74, 6) is 1.66. The number of likely N-dealkylation sites (tertiary alicyclic amines) is 1. The molecule has 0 aliphatic carbocycles. The largest absolute Gasteiger partial charge is 0.343 e. The lowest BCUT2D eigenvalue weighted by Gasteiger charge is -2.40. The Morgan fingerprint density at radius 2 is 1.79 bits per heavy atom. The number of rotatable bonds is 6. The first-order valence-electron chi connectivity index (χ1n) is 7.73. The first-order valence-corrected chi connectivity index (χ1v) is 7.73. The Morgan fingerprint density at radius 3 is 2.21 bits per heavy atom. The van der Waals surface area contributed by atoms with E-state index < -0.39 is 0 Å². The Bertz CT molecular complexity index is 269. The number of amides is 1. The van der Waals surface area contributed by atoms with Crippen molar-refractivity contribution in [3.05, 3.63) is 0 Å². The summed E-state index contributed by atoms with van der Waals surface area (Å²) in [5, 5.41) is 0. The molecule has 0 radical (unpaired) electrons. The summed E-state index contributed by atoms with van der Waals surface area (Å²) in [6.07, 6.45) is 1.86. The third kappa shape index (κ3) is 4.77. The van der Waals surface area contributed by atoms with Crippen LogP contribution in [0.4, 0.5) is 0 Å². The van der Waals surface area contributed by atoms with E-state index >= 15 is 0 Å². The van der Waals surface area contributed by atoms with E-state index in [0.717, 1.165) is 26.2 Å². The van der Waals surface area contributed by atoms with E-state index in [4.69, 9.17) is 5.73 Å². The van der Waals surface area contributed by atoms with Gasteiger partial charge in [-0.3, -0.25) is 9.69 Å². The van der Waals surface area contributed by atoms with Gasteiger partial charge in [-0.15, -0.1) is 0 Å². The van der Waals surface area contributed by atoms with Crippen molar-refractivity contribution in [1.29, 1.82) is 0 Å². The Morgan fingerprint density at radius 1 is 1.26 bits per heavy atom. The summed E-state index contributed by atoms with van der Waals surface area (Å²) in [6, 6.07) is 0.207. The van der Waals surface area contributed by atoms with Crippen molar-refractivity contribution < 1.29 is 4.79 Å². The maximum absolute atomic E-state index is 12.2. The molecule has 1 aliphatic rings. The van der Waals surface area contributed by atoms with Gasteiger partial charge in [0, 0.05) is 45.2 Å². The fourth-order valence-electron chi connectivity index (χ4n) is 3.28. The smallest absolute Gasteiger partial charge is 0.224 e. The highest BCUT2D eigenvalue weighted by Crippen LogP contribution is 2.23. The summed E-state index contributed by atoms with van der Waals surface area (Å²) in [6.45, 7) is 13.0. The molecular weight excluding hydrogens is 238 g/mol. The van der Waals surface area contributed by atoms with Gasteiger partial charge in [-0.25, -0.2) is 0 Å². The summed E-state index contributed by atoms with van der Waals surface area (Å²) >= 11 is 0. The van der Waals surface area contributed by atoms with Crippen LogP contribution >= 0.6 is 0 Å². The Labute approximate surface area is 118 Å². The predicted molar refractivity (Wildman–Crippen MR) is 79.9 cm³/mol. The molecule has 0 aromatic rings. The fourth-order valence-corrected chi connectivity index (χ4v) is 3.28. The number of hydrogen-bond acceptors (Lipinski definition) is 3. The van der Waals surface area contributed by atoms with Crippen LogP contribution in [0.3, 0.4) is 0 Å². The maximum atomic E-state index is 12.2. The van der Waals surface area contributed by atoms with Crippen molar-refractivity contribution in [3.8, 4) is 0 Å². The lowest BCUT2D eigenvalue weighted by Crippen LogP contribution is -2.50. The van der Waals surface area contributed by atoms with E-state index in [-0.39, 0.29) is 11.9 Å². The quantitative estimate of drug-likeness (QED) is 0.796. The number of nitrogens with zero attached hydrogens (tertiary/aromatic N) is 2. The van der Waals surface area contributed by atoms with Crippen LogP contribution in [0, 0.1) is 11.8 Å². The maximum Gasteiger partial charge on any atom is 0.224 e. The van der Waals surface area contributed by atoms with Crippen LogP contribution in [0.15, 0.2) is 0 Å². The molecule has 112 valence electrons. The van der Waals surface area contributed by atoms with Gasteiger partial charge in [-0.05, 0) is 32.1 Å². The molecule has 1 aliphatic heterocycles. The molecule has 2 N–H and O–H groups in total. The highest BCUT2D eigenvalue weighted by Gasteiger charge is 2.28. The molecule has 0 bridgehead atoms. The Balaban J connectivity index is 2.59. The monoisotopic (exact) mass is 269 g/mol. The van der Waals surface area contributed by atoms with Gasteiger partial charge in [-0.1, -0.05) is 13.8 Å². The molecule has 1 heterocycles. The highest BCUT2D eigenvalue weighted by atomic mass is 16.2. The molecular formula is C15H31N3O. The topological polar surface area (TPSA) is 49.6 Å². The van der Waals surface area contributed by atoms with E-state index in [0.29, 0.717) is 24.8 Å². The van der Waals surface area contributed by atoms with Crippen molar-refractivity contribution in [1.82, 2.24) is 9.80 Å². The number of hydrogen-bond donors (Lipinski definition) is 1. The minimum atomic E-state index is 0.207. The second-order valence-electron chi connectivity index (χ2n) is 6.06. The summed E-state index contributed by atoms with van der Waals surface area (Å²) in [7, 11) is 0. The van der Waals surface area contributed by atoms with Gasteiger partial charge in [-0.2, -0.15) is 0 Å². The van der Waals surface area contributed by atoms with Crippen LogP contribution in [0.25, 0.3) is 0 Å². The fraction of sp³-hybridized carbons (Fsp3) is 0.933. The minimum absolute atomic E-state index is 0.207. The van der Waals surface area contributed by atoms with Gasteiger partial charge in [0.15, 0.2) is 0 Å². The number of piperidine rings is 1. The normalized spacial score (nSPS) is 26.2. The molecule has 1 fully saturated rings. The molecule has 1 amide bonds. The van der Waals surface area contributed by atoms with E-state index in [1.165, 1.54) is 6.42 Å². The predicted octanol–water partition coefficient (Wildman–Crippen LogP) is 1.55. The molecule has 19 heavy (non-hydrogen) atoms. The molecule has 1 saturated heterocycles. The molecule has 0 spiro atoms. The van der Waals surface area contributed by atoms with E-state index in [1.807, 2.05) is 18.7 Å². The molecule has 4 heteroatoms. The minimum Gasteiger partial charge on any atom is -0.343 e. The van der Waals surface area contributed by atoms with E-state index in [2.05, 4.69) is 18.7 Å². The first kappa shape index (κ1) is 16.4. The van der Waals surface area contributed by atoms with Crippen LogP contribution in [0.1, 0.15) is 40.5 Å². The van der Waals surface area contributed by atoms with Crippen molar-refractivity contribution >= 4 is 5.91 Å². The zero-order valence-corrected chi connectivity index (χ0v) is 13.1. The third-order valence-electron chi connectivity index (χ3n) is 4.21. The SMILES string of the molecule is CCN(CC)C(=O)CC(CN)N1CC(C)CC(C)C1. The van der Waals surface area contributed by atoms with Crippen LogP contribution < -0.4 is 5.73 Å². The molecule has 4 nitrogen and oxygen atoms in total. The number of nitrogens with two attached hydrogens (primary N) is 1. The van der Waals surface area contributed by atoms with Crippen molar-refractivity contribution in [2.75, 3.05) is 32.7 Å². The Hall–Kier alpha value is -0.610. The van der Waals surface area contributed by atoms with Crippen molar-refractivity contribution in [2.45, 2.75) is 46.6 Å². The lowest BCUT2D eigenvalue weighted by atomic mass is 9.90. The zero-order valence-electron chi connectivity index (χ0n) is 13.1. The average molecular weight is 269 g/mol.